The summed E-state index contributed by atoms with van der Waals surface area (Å²) in [5.74, 6) is -1.82. The first kappa shape index (κ1) is 75.9. The van der Waals surface area contributed by atoms with Crippen molar-refractivity contribution in [2.45, 2.75) is 246 Å². The van der Waals surface area contributed by atoms with E-state index >= 15 is 0 Å². The van der Waals surface area contributed by atoms with E-state index in [9.17, 15) is 127 Å². The Kier molecular flexibility index (Phi) is 24.5. The van der Waals surface area contributed by atoms with Crippen LogP contribution in [0.15, 0.2) is 24.3 Å². The molecule has 30 saturated heterocycles. The summed E-state index contributed by atoms with van der Waals surface area (Å²) in [7, 11) is 0. The third kappa shape index (κ3) is 14.3. The molecule has 42 nitrogen and oxygen atoms in total. The predicted octanol–water partition coefficient (Wildman–Crippen LogP) is -16.1. The SMILES string of the molecule is O=C1c2ccccc2C(=O)N1C[C@H]1O[C@@H]2O[C@H]3[C@H](O)[C@@H](O)[C@@H](O[C@H]4[C@H](O)[C@@H](O)[C@@H](O[C@H]5[C@H](O)[C@@H](O)[C@@H](O[C@H]6[C@H](O)[C@@H](O)[C@@H](O[C@H]7[C@H](O)[C@@H](O)[C@@H](O[C@H]8[C@H](O)[C@@H](O)[C@@H](O[C@H]9[C@H](O)[C@@H](O)[C@@H](O[C@H]1[C@H](O)[C@H]2O)O[C@@H]9CO)O[C@@H]8CO)O[C@@H]7CO)O[C@@H]6CO)O[C@@H]5CO)O[C@@H]4CO)O[C@@H]3CO. The number of hydrogen-bond acceptors (Lipinski definition) is 41. The van der Waals surface area contributed by atoms with Gasteiger partial charge >= 0.3 is 0 Å². The first-order valence-electron chi connectivity index (χ1n) is 31.3. The number of nitrogens with zero attached hydrogens (tertiary/aromatic N) is 1. The van der Waals surface area contributed by atoms with Gasteiger partial charge in [-0.2, -0.15) is 0 Å². The number of benzene rings is 1. The lowest BCUT2D eigenvalue weighted by molar-refractivity contribution is -0.403. The Bertz CT molecular complexity index is 2730. The fourth-order valence-corrected chi connectivity index (χ4v) is 13.5. The molecular formula is C56H83NO41. The summed E-state index contributed by atoms with van der Waals surface area (Å²) in [6.07, 6.45) is -84.3. The van der Waals surface area contributed by atoms with Gasteiger partial charge in [0.05, 0.1) is 63.9 Å². The van der Waals surface area contributed by atoms with E-state index in [2.05, 4.69) is 0 Å². The Labute approximate surface area is 552 Å². The van der Waals surface area contributed by atoms with E-state index in [1.807, 2.05) is 0 Å². The molecule has 98 heavy (non-hydrogen) atoms. The minimum absolute atomic E-state index is 0.0845. The lowest BCUT2D eigenvalue weighted by Gasteiger charge is -2.50. The zero-order chi connectivity index (χ0) is 70.8. The molecule has 558 valence electrons. The average molecular weight is 1430 g/mol. The standard InChI is InChI=1S/C56H83NO41/c58-6-16-40-25(67)33(75)51(85-16)94-42-18(8-60)87-53(35(77)27(42)69)96-44-20(10-62)89-55(37(79)29(44)71)98-46-22(12-64)90-56(38(80)30(46)72)97-45-21(11-63)88-54(36(78)28(45)70)95-43-19(9-61)86-52(34(76)26(43)68)93-41-17(7-59)84-50(32(74)24(41)66)91-39-15(83-49(92-40)31(73)23(39)65)5-57-47(81)13-3-1-2-4-14(13)48(57)82/h1-4,15-46,49-56,58-80H,5-12H2/t15-,16-,17-,18-,19-,20-,21-,22-,23-,24-,25-,26-,27-,28-,29-,30-,31-,32-,33-,34-,35-,36-,37-,38-,39-,40-,41-,42-,43-,44-,45-,46-,49-,50-,51-,52-,53-,54-,55-,56-/m1/s1. The number of carbonyl (C=O) groups excluding carboxylic acids is 2. The molecule has 30 fully saturated rings. The minimum atomic E-state index is -2.37. The van der Waals surface area contributed by atoms with Gasteiger partial charge in [-0.3, -0.25) is 14.5 Å². The monoisotopic (exact) mass is 1430 g/mol. The zero-order valence-corrected chi connectivity index (χ0v) is 51.1. The maximum atomic E-state index is 13.8. The van der Waals surface area contributed by atoms with Crippen LogP contribution in [0.25, 0.3) is 0 Å². The van der Waals surface area contributed by atoms with E-state index in [-0.39, 0.29) is 11.1 Å². The molecule has 0 unspecified atom stereocenters. The second-order valence-corrected chi connectivity index (χ2v) is 25.0. The number of aliphatic hydroxyl groups is 23. The van der Waals surface area contributed by atoms with Crippen LogP contribution in [0.2, 0.25) is 0 Å². The quantitative estimate of drug-likeness (QED) is 0.102. The molecule has 0 aliphatic carbocycles. The lowest BCUT2D eigenvalue weighted by atomic mass is 9.94. The minimum Gasteiger partial charge on any atom is -0.394 e. The number of fused-ring (bicyclic) bond motifs is 1. The molecule has 31 aliphatic heterocycles. The maximum Gasteiger partial charge on any atom is 0.261 e. The molecule has 1 aromatic carbocycles. The molecule has 42 heteroatoms. The van der Waals surface area contributed by atoms with Crippen LogP contribution in [-0.4, -0.2) is 433 Å². The van der Waals surface area contributed by atoms with Crippen molar-refractivity contribution in [1.82, 2.24) is 4.90 Å². The van der Waals surface area contributed by atoms with Crippen LogP contribution < -0.4 is 0 Å². The summed E-state index contributed by atoms with van der Waals surface area (Å²) >= 11 is 0. The van der Waals surface area contributed by atoms with Gasteiger partial charge in [0.1, 0.15) is 195 Å². The van der Waals surface area contributed by atoms with Crippen LogP contribution in [0.3, 0.4) is 0 Å². The summed E-state index contributed by atoms with van der Waals surface area (Å²) < 4.78 is 92.6. The molecule has 0 saturated carbocycles. The van der Waals surface area contributed by atoms with E-state index in [0.29, 0.717) is 4.90 Å². The van der Waals surface area contributed by atoms with Crippen molar-refractivity contribution in [3.63, 3.8) is 0 Å². The van der Waals surface area contributed by atoms with Crippen LogP contribution in [0.4, 0.5) is 0 Å². The van der Waals surface area contributed by atoms with Gasteiger partial charge in [-0.25, -0.2) is 0 Å². The highest BCUT2D eigenvalue weighted by molar-refractivity contribution is 6.21. The van der Waals surface area contributed by atoms with Crippen LogP contribution in [0, 0.1) is 0 Å². The number of carbonyl (C=O) groups is 2. The zero-order valence-electron chi connectivity index (χ0n) is 51.1. The molecule has 31 aliphatic rings. The van der Waals surface area contributed by atoms with Gasteiger partial charge in [0.2, 0.25) is 0 Å². The molecule has 31 heterocycles. The van der Waals surface area contributed by atoms with Crippen LogP contribution in [0.5, 0.6) is 0 Å². The van der Waals surface area contributed by atoms with Gasteiger partial charge in [-0.1, -0.05) is 12.1 Å². The van der Waals surface area contributed by atoms with Crippen LogP contribution in [0.1, 0.15) is 20.7 Å². The van der Waals surface area contributed by atoms with Crippen molar-refractivity contribution in [3.8, 4) is 0 Å². The summed E-state index contributed by atoms with van der Waals surface area (Å²) in [5, 5.41) is 259. The molecule has 2 amide bonds. The van der Waals surface area contributed by atoms with Gasteiger partial charge in [0, 0.05) is 0 Å². The fraction of sp³-hybridized carbons (Fsp3) is 0.857. The van der Waals surface area contributed by atoms with Gasteiger partial charge in [-0.05, 0) is 12.1 Å². The lowest BCUT2D eigenvalue weighted by Crippen LogP contribution is -2.69. The first-order valence-corrected chi connectivity index (χ1v) is 31.3. The molecule has 40 atom stereocenters. The van der Waals surface area contributed by atoms with Crippen molar-refractivity contribution in [2.75, 3.05) is 52.8 Å². The highest BCUT2D eigenvalue weighted by Crippen LogP contribution is 2.40. The van der Waals surface area contributed by atoms with E-state index in [0.717, 1.165) is 0 Å². The first-order chi connectivity index (χ1) is 46.7. The topological polar surface area (TPSA) is 650 Å². The van der Waals surface area contributed by atoms with Crippen molar-refractivity contribution in [1.29, 1.82) is 0 Å². The number of rotatable bonds is 9. The maximum absolute atomic E-state index is 13.8. The third-order valence-corrected chi connectivity index (χ3v) is 19.0. The second kappa shape index (κ2) is 31.6. The molecule has 32 rings (SSSR count). The van der Waals surface area contributed by atoms with E-state index in [1.165, 1.54) is 24.3 Å². The van der Waals surface area contributed by atoms with Gasteiger partial charge in [0.15, 0.2) is 50.3 Å². The van der Waals surface area contributed by atoms with Crippen molar-refractivity contribution in [2.24, 2.45) is 0 Å². The normalized spacial score (nSPS) is 51.5. The Morgan fingerprint density at radius 3 is 0.551 bits per heavy atom. The Morgan fingerprint density at radius 2 is 0.388 bits per heavy atom. The van der Waals surface area contributed by atoms with Crippen molar-refractivity contribution >= 4 is 11.8 Å². The van der Waals surface area contributed by atoms with E-state index in [4.69, 9.17) is 75.8 Å². The summed E-state index contributed by atoms with van der Waals surface area (Å²) in [5.41, 5.74) is -0.169. The van der Waals surface area contributed by atoms with Crippen molar-refractivity contribution < 1.29 is 203 Å². The number of aliphatic hydroxyl groups excluding tert-OH is 23. The summed E-state index contributed by atoms with van der Waals surface area (Å²) in [6.45, 7) is -8.69. The second-order valence-electron chi connectivity index (χ2n) is 25.0. The Morgan fingerprint density at radius 1 is 0.235 bits per heavy atom. The molecular weight excluding hydrogens is 1340 g/mol. The van der Waals surface area contributed by atoms with E-state index < -0.39 is 310 Å². The van der Waals surface area contributed by atoms with Gasteiger partial charge in [0.25, 0.3) is 11.8 Å². The summed E-state index contributed by atoms with van der Waals surface area (Å²) in [6, 6.07) is 5.54. The highest BCUT2D eigenvalue weighted by atomic mass is 16.8. The van der Waals surface area contributed by atoms with Gasteiger partial charge < -0.3 is 193 Å². The molecule has 16 bridgehead atoms. The molecule has 0 spiro atoms. The third-order valence-electron chi connectivity index (χ3n) is 19.0. The van der Waals surface area contributed by atoms with Crippen molar-refractivity contribution in [3.05, 3.63) is 35.4 Å². The number of ether oxygens (including phenoxy) is 16. The number of imide groups is 1. The van der Waals surface area contributed by atoms with Crippen LogP contribution >= 0.6 is 0 Å². The molecule has 1 aromatic rings. The van der Waals surface area contributed by atoms with E-state index in [1.54, 1.807) is 0 Å². The molecule has 0 radical (unpaired) electrons. The number of hydrogen-bond donors (Lipinski definition) is 23. The molecule has 23 N–H and O–H groups in total. The predicted molar refractivity (Wildman–Crippen MR) is 296 cm³/mol. The van der Waals surface area contributed by atoms with Gasteiger partial charge in [-0.15, -0.1) is 0 Å². The largest absolute Gasteiger partial charge is 0.394 e. The summed E-state index contributed by atoms with van der Waals surface area (Å²) in [4.78, 5) is 28.2. The highest BCUT2D eigenvalue weighted by Gasteiger charge is 2.61. The number of amides is 2. The Hall–Kier alpha value is -3.20. The molecule has 0 aromatic heterocycles. The smallest absolute Gasteiger partial charge is 0.261 e. The fourth-order valence-electron chi connectivity index (χ4n) is 13.5. The average Bonchev–Trinajstić information content (AvgIpc) is 1.09. The Balaban J connectivity index is 0.881. The van der Waals surface area contributed by atoms with Crippen LogP contribution in [-0.2, 0) is 75.8 Å².